The van der Waals surface area contributed by atoms with Crippen LogP contribution in [0.1, 0.15) is 23.3 Å². The van der Waals surface area contributed by atoms with Crippen molar-refractivity contribution in [1.29, 1.82) is 0 Å². The van der Waals surface area contributed by atoms with Gasteiger partial charge in [-0.1, -0.05) is 11.8 Å². The zero-order valence-electron chi connectivity index (χ0n) is 17.0. The number of nitrogens with zero attached hydrogens (tertiary/aromatic N) is 4. The minimum Gasteiger partial charge on any atom is -0.497 e. The number of piperidine rings is 1. The summed E-state index contributed by atoms with van der Waals surface area (Å²) < 4.78 is 6.21. The van der Waals surface area contributed by atoms with Crippen LogP contribution in [0.5, 0.6) is 5.75 Å². The van der Waals surface area contributed by atoms with Crippen molar-refractivity contribution in [3.8, 4) is 5.75 Å². The summed E-state index contributed by atoms with van der Waals surface area (Å²) in [5, 5.41) is 1.89. The standard InChI is InChI=1S/C21H28N4O2S2/c1-27-18-7-5-16(6-8-18)23-10-12-24(13-11-23)17-4-3-9-25(14-17)20(26)19-15-29-21(22-19)28-2/h5-8,15,17H,3-4,9-14H2,1-2H3. The van der Waals surface area contributed by atoms with Gasteiger partial charge in [0.1, 0.15) is 15.8 Å². The zero-order valence-corrected chi connectivity index (χ0v) is 18.7. The van der Waals surface area contributed by atoms with Gasteiger partial charge in [0.25, 0.3) is 5.91 Å². The molecule has 0 N–H and O–H groups in total. The van der Waals surface area contributed by atoms with Crippen LogP contribution in [0.2, 0.25) is 0 Å². The van der Waals surface area contributed by atoms with Crippen LogP contribution in [-0.4, -0.2) is 79.4 Å². The highest BCUT2D eigenvalue weighted by atomic mass is 32.2. The molecule has 2 aliphatic heterocycles. The Bertz CT molecular complexity index is 818. The van der Waals surface area contributed by atoms with E-state index in [2.05, 4.69) is 26.9 Å². The van der Waals surface area contributed by atoms with Crippen LogP contribution in [0, 0.1) is 0 Å². The third-order valence-corrected chi connectivity index (χ3v) is 7.69. The van der Waals surface area contributed by atoms with Gasteiger partial charge in [-0.05, 0) is 43.4 Å². The summed E-state index contributed by atoms with van der Waals surface area (Å²) in [5.41, 5.74) is 1.85. The summed E-state index contributed by atoms with van der Waals surface area (Å²) in [5.74, 6) is 0.979. The van der Waals surface area contributed by atoms with E-state index >= 15 is 0 Å². The number of thiazole rings is 1. The van der Waals surface area contributed by atoms with E-state index in [0.29, 0.717) is 11.7 Å². The van der Waals surface area contributed by atoms with E-state index in [-0.39, 0.29) is 5.91 Å². The predicted molar refractivity (Wildman–Crippen MR) is 120 cm³/mol. The van der Waals surface area contributed by atoms with Gasteiger partial charge in [0.05, 0.1) is 7.11 Å². The summed E-state index contributed by atoms with van der Waals surface area (Å²) in [6, 6.07) is 8.75. The fraction of sp³-hybridized carbons (Fsp3) is 0.524. The number of carbonyl (C=O) groups is 1. The van der Waals surface area contributed by atoms with E-state index in [1.54, 1.807) is 30.2 Å². The quantitative estimate of drug-likeness (QED) is 0.676. The van der Waals surface area contributed by atoms with Gasteiger partial charge in [-0.2, -0.15) is 0 Å². The first-order chi connectivity index (χ1) is 14.2. The largest absolute Gasteiger partial charge is 0.497 e. The summed E-state index contributed by atoms with van der Waals surface area (Å²) in [4.78, 5) is 24.3. The van der Waals surface area contributed by atoms with Crippen LogP contribution in [0.15, 0.2) is 34.0 Å². The Kier molecular flexibility index (Phi) is 6.62. The lowest BCUT2D eigenvalue weighted by molar-refractivity contribution is 0.0558. The second kappa shape index (κ2) is 9.36. The van der Waals surface area contributed by atoms with Gasteiger partial charge in [0.2, 0.25) is 0 Å². The monoisotopic (exact) mass is 432 g/mol. The van der Waals surface area contributed by atoms with Crippen LogP contribution in [0.25, 0.3) is 0 Å². The topological polar surface area (TPSA) is 48.9 Å². The van der Waals surface area contributed by atoms with Crippen molar-refractivity contribution in [3.05, 3.63) is 35.3 Å². The Hall–Kier alpha value is -1.77. The van der Waals surface area contributed by atoms with E-state index in [9.17, 15) is 4.79 Å². The summed E-state index contributed by atoms with van der Waals surface area (Å²) in [6.07, 6.45) is 4.23. The Morgan fingerprint density at radius 2 is 1.93 bits per heavy atom. The lowest BCUT2D eigenvalue weighted by Crippen LogP contribution is -2.55. The fourth-order valence-corrected chi connectivity index (χ4v) is 5.42. The van der Waals surface area contributed by atoms with Gasteiger partial charge in [0.15, 0.2) is 0 Å². The number of likely N-dealkylation sites (tertiary alicyclic amines) is 1. The molecule has 3 heterocycles. The highest BCUT2D eigenvalue weighted by molar-refractivity contribution is 8.00. The van der Waals surface area contributed by atoms with E-state index in [1.165, 1.54) is 12.1 Å². The van der Waals surface area contributed by atoms with Crippen molar-refractivity contribution >= 4 is 34.7 Å². The van der Waals surface area contributed by atoms with Crippen LogP contribution in [0.3, 0.4) is 0 Å². The highest BCUT2D eigenvalue weighted by Crippen LogP contribution is 2.25. The predicted octanol–water partition coefficient (Wildman–Crippen LogP) is 3.30. The Labute approximate surface area is 180 Å². The number of hydrogen-bond acceptors (Lipinski definition) is 7. The van der Waals surface area contributed by atoms with Crippen molar-refractivity contribution in [3.63, 3.8) is 0 Å². The second-order valence-electron chi connectivity index (χ2n) is 7.47. The van der Waals surface area contributed by atoms with Gasteiger partial charge >= 0.3 is 0 Å². The molecule has 2 saturated heterocycles. The summed E-state index contributed by atoms with van der Waals surface area (Å²) >= 11 is 3.15. The molecule has 0 spiro atoms. The molecule has 8 heteroatoms. The SMILES string of the molecule is COc1ccc(N2CCN(C3CCCN(C(=O)c4csc(SC)n4)C3)CC2)cc1. The van der Waals surface area contributed by atoms with Gasteiger partial charge < -0.3 is 14.5 Å². The van der Waals surface area contributed by atoms with E-state index in [4.69, 9.17) is 4.74 Å². The number of hydrogen-bond donors (Lipinski definition) is 0. The number of ether oxygens (including phenoxy) is 1. The minimum atomic E-state index is 0.0862. The van der Waals surface area contributed by atoms with Gasteiger partial charge in [0, 0.05) is 56.4 Å². The molecule has 0 aliphatic carbocycles. The molecule has 0 saturated carbocycles. The van der Waals surface area contributed by atoms with E-state index in [0.717, 1.165) is 55.8 Å². The fourth-order valence-electron chi connectivity index (χ4n) is 4.19. The van der Waals surface area contributed by atoms with Crippen molar-refractivity contribution in [2.45, 2.75) is 23.2 Å². The average molecular weight is 433 g/mol. The summed E-state index contributed by atoms with van der Waals surface area (Å²) in [7, 11) is 1.70. The lowest BCUT2D eigenvalue weighted by Gasteiger charge is -2.43. The van der Waals surface area contributed by atoms with Crippen LogP contribution < -0.4 is 9.64 Å². The Balaban J connectivity index is 1.32. The number of carbonyl (C=O) groups excluding carboxylic acids is 1. The number of methoxy groups -OCH3 is 1. The molecule has 1 aromatic carbocycles. The molecule has 1 amide bonds. The molecule has 156 valence electrons. The molecule has 1 atom stereocenters. The molecule has 1 unspecified atom stereocenters. The number of amides is 1. The minimum absolute atomic E-state index is 0.0862. The van der Waals surface area contributed by atoms with Crippen molar-refractivity contribution in [2.24, 2.45) is 0 Å². The van der Waals surface area contributed by atoms with Gasteiger partial charge in [-0.15, -0.1) is 11.3 Å². The van der Waals surface area contributed by atoms with Crippen molar-refractivity contribution in [2.75, 3.05) is 57.5 Å². The Morgan fingerprint density at radius 3 is 2.59 bits per heavy atom. The molecule has 2 aromatic rings. The maximum absolute atomic E-state index is 12.9. The van der Waals surface area contributed by atoms with Crippen LogP contribution in [-0.2, 0) is 0 Å². The average Bonchev–Trinajstić information content (AvgIpc) is 3.28. The highest BCUT2D eigenvalue weighted by Gasteiger charge is 2.31. The molecule has 29 heavy (non-hydrogen) atoms. The van der Waals surface area contributed by atoms with Crippen molar-refractivity contribution < 1.29 is 9.53 Å². The smallest absolute Gasteiger partial charge is 0.273 e. The summed E-state index contributed by atoms with van der Waals surface area (Å²) in [6.45, 7) is 5.75. The first-order valence-corrected chi connectivity index (χ1v) is 12.2. The molecule has 2 aliphatic rings. The maximum atomic E-state index is 12.9. The number of benzene rings is 1. The third kappa shape index (κ3) is 4.70. The Morgan fingerprint density at radius 1 is 1.17 bits per heavy atom. The van der Waals surface area contributed by atoms with E-state index in [1.807, 2.05) is 28.7 Å². The molecule has 6 nitrogen and oxygen atoms in total. The number of anilines is 1. The number of aromatic nitrogens is 1. The molecule has 0 radical (unpaired) electrons. The van der Waals surface area contributed by atoms with Gasteiger partial charge in [-0.25, -0.2) is 4.98 Å². The third-order valence-electron chi connectivity index (χ3n) is 5.83. The normalized spacial score (nSPS) is 20.7. The molecule has 0 bridgehead atoms. The maximum Gasteiger partial charge on any atom is 0.273 e. The molecule has 2 fully saturated rings. The number of piperazine rings is 1. The number of thioether (sulfide) groups is 1. The van der Waals surface area contributed by atoms with Gasteiger partial charge in [-0.3, -0.25) is 9.69 Å². The van der Waals surface area contributed by atoms with Crippen molar-refractivity contribution in [1.82, 2.24) is 14.8 Å². The van der Waals surface area contributed by atoms with Crippen LogP contribution in [0.4, 0.5) is 5.69 Å². The zero-order chi connectivity index (χ0) is 20.2. The number of rotatable bonds is 5. The first-order valence-electron chi connectivity index (χ1n) is 10.1. The molecule has 4 rings (SSSR count). The molecular formula is C21H28N4O2S2. The first kappa shape index (κ1) is 20.5. The molecular weight excluding hydrogens is 404 g/mol. The lowest BCUT2D eigenvalue weighted by atomic mass is 10.0. The molecule has 1 aromatic heterocycles. The van der Waals surface area contributed by atoms with Crippen LogP contribution >= 0.6 is 23.1 Å². The van der Waals surface area contributed by atoms with E-state index < -0.39 is 0 Å². The second-order valence-corrected chi connectivity index (χ2v) is 9.38.